The second-order valence-electron chi connectivity index (χ2n) is 5.77. The van der Waals surface area contributed by atoms with Crippen molar-refractivity contribution >= 4 is 34.1 Å². The highest BCUT2D eigenvalue weighted by Gasteiger charge is 2.19. The summed E-state index contributed by atoms with van der Waals surface area (Å²) in [5.74, 6) is 0.417. The Kier molecular flexibility index (Phi) is 6.49. The minimum Gasteiger partial charge on any atom is -0.504 e. The fraction of sp³-hybridized carbons (Fsp3) is 0.529. The van der Waals surface area contributed by atoms with Gasteiger partial charge in [-0.3, -0.25) is 14.3 Å². The van der Waals surface area contributed by atoms with Crippen LogP contribution in [0.1, 0.15) is 39.4 Å². The molecule has 2 rings (SSSR count). The van der Waals surface area contributed by atoms with Gasteiger partial charge in [-0.1, -0.05) is 37.0 Å². The van der Waals surface area contributed by atoms with Crippen molar-refractivity contribution in [2.75, 3.05) is 13.1 Å². The molecule has 0 saturated heterocycles. The van der Waals surface area contributed by atoms with Gasteiger partial charge in [0.2, 0.25) is 0 Å². The van der Waals surface area contributed by atoms with Gasteiger partial charge in [0.15, 0.2) is 5.75 Å². The maximum Gasteiger partial charge on any atom is 0.263 e. The molecule has 0 bridgehead atoms. The van der Waals surface area contributed by atoms with Crippen LogP contribution in [-0.2, 0) is 13.1 Å². The van der Waals surface area contributed by atoms with E-state index in [1.54, 1.807) is 4.57 Å². The molecule has 1 N–H and O–H groups in total. The second kappa shape index (κ2) is 8.19. The predicted octanol–water partition coefficient (Wildman–Crippen LogP) is 4.05. The van der Waals surface area contributed by atoms with Crippen molar-refractivity contribution in [2.24, 2.45) is 0 Å². The number of benzene rings is 1. The van der Waals surface area contributed by atoms with E-state index < -0.39 is 0 Å². The Morgan fingerprint density at radius 1 is 1.17 bits per heavy atom. The normalized spacial score (nSPS) is 11.6. The average molecular weight is 372 g/mol. The van der Waals surface area contributed by atoms with Crippen molar-refractivity contribution in [1.29, 1.82) is 0 Å². The number of nitrogens with zero attached hydrogens (tertiary/aromatic N) is 3. The Morgan fingerprint density at radius 3 is 2.33 bits per heavy atom. The molecule has 24 heavy (non-hydrogen) atoms. The molecule has 5 nitrogen and oxygen atoms in total. The second-order valence-corrected chi connectivity index (χ2v) is 6.58. The summed E-state index contributed by atoms with van der Waals surface area (Å²) >= 11 is 12.1. The number of aromatic nitrogens is 2. The Morgan fingerprint density at radius 2 is 1.79 bits per heavy atom. The third-order valence-corrected chi connectivity index (χ3v) is 4.54. The van der Waals surface area contributed by atoms with Gasteiger partial charge in [-0.15, -0.1) is 0 Å². The highest BCUT2D eigenvalue weighted by atomic mass is 35.5. The fourth-order valence-corrected chi connectivity index (χ4v) is 3.43. The van der Waals surface area contributed by atoms with Crippen molar-refractivity contribution in [3.63, 3.8) is 0 Å². The van der Waals surface area contributed by atoms with Gasteiger partial charge in [0.25, 0.3) is 5.56 Å². The van der Waals surface area contributed by atoms with Crippen molar-refractivity contribution < 1.29 is 5.11 Å². The van der Waals surface area contributed by atoms with E-state index in [1.165, 1.54) is 6.07 Å². The van der Waals surface area contributed by atoms with Gasteiger partial charge in [-0.25, -0.2) is 4.98 Å². The molecule has 0 aliphatic carbocycles. The zero-order chi connectivity index (χ0) is 17.9. The van der Waals surface area contributed by atoms with Crippen LogP contribution in [0.2, 0.25) is 10.0 Å². The summed E-state index contributed by atoms with van der Waals surface area (Å²) in [5.41, 5.74) is -0.0763. The lowest BCUT2D eigenvalue weighted by Gasteiger charge is -2.22. The highest BCUT2D eigenvalue weighted by Crippen LogP contribution is 2.34. The summed E-state index contributed by atoms with van der Waals surface area (Å²) in [7, 11) is 0. The summed E-state index contributed by atoms with van der Waals surface area (Å²) in [6.45, 7) is 9.02. The number of hydrogen-bond donors (Lipinski definition) is 1. The molecule has 0 radical (unpaired) electrons. The number of fused-ring (bicyclic) bond motifs is 1. The summed E-state index contributed by atoms with van der Waals surface area (Å²) in [6.07, 6.45) is 2.04. The predicted molar refractivity (Wildman–Crippen MR) is 99.2 cm³/mol. The lowest BCUT2D eigenvalue weighted by molar-refractivity contribution is 0.255. The third kappa shape index (κ3) is 3.68. The molecular weight excluding hydrogens is 349 g/mol. The van der Waals surface area contributed by atoms with E-state index in [0.717, 1.165) is 25.9 Å². The van der Waals surface area contributed by atoms with E-state index in [0.29, 0.717) is 18.9 Å². The number of halogens is 2. The minimum atomic E-state index is -0.248. The number of aromatic hydroxyl groups is 1. The molecular formula is C17H23Cl2N3O2. The first-order chi connectivity index (χ1) is 11.4. The van der Waals surface area contributed by atoms with Crippen LogP contribution < -0.4 is 5.56 Å². The molecule has 0 saturated carbocycles. The molecule has 0 amide bonds. The van der Waals surface area contributed by atoms with Gasteiger partial charge < -0.3 is 5.11 Å². The van der Waals surface area contributed by atoms with E-state index in [1.807, 2.05) is 6.92 Å². The quantitative estimate of drug-likeness (QED) is 0.797. The Hall–Kier alpha value is -1.30. The van der Waals surface area contributed by atoms with E-state index >= 15 is 0 Å². The molecule has 1 aromatic carbocycles. The maximum atomic E-state index is 12.8. The van der Waals surface area contributed by atoms with Crippen molar-refractivity contribution in [3.05, 3.63) is 32.3 Å². The van der Waals surface area contributed by atoms with Gasteiger partial charge >= 0.3 is 0 Å². The molecule has 0 aliphatic rings. The lowest BCUT2D eigenvalue weighted by atomic mass is 10.2. The van der Waals surface area contributed by atoms with Gasteiger partial charge in [-0.2, -0.15) is 0 Å². The number of rotatable bonds is 7. The molecule has 0 aliphatic heterocycles. The van der Waals surface area contributed by atoms with E-state index in [2.05, 4.69) is 23.7 Å². The van der Waals surface area contributed by atoms with Crippen LogP contribution in [0.25, 0.3) is 10.9 Å². The molecule has 0 spiro atoms. The largest absolute Gasteiger partial charge is 0.504 e. The third-order valence-electron chi connectivity index (χ3n) is 3.95. The van der Waals surface area contributed by atoms with Crippen LogP contribution in [-0.4, -0.2) is 32.6 Å². The minimum absolute atomic E-state index is 0.0959. The van der Waals surface area contributed by atoms with Crippen molar-refractivity contribution in [2.45, 2.75) is 46.7 Å². The zero-order valence-corrected chi connectivity index (χ0v) is 15.8. The maximum absolute atomic E-state index is 12.8. The molecule has 0 unspecified atom stereocenters. The first kappa shape index (κ1) is 19.0. The standard InChI is InChI=1S/C17H23Cl2N3O2/c1-4-7-21(8-5-2)10-13-20-15-14(17(24)22(13)6-3)11(18)9-12(19)16(15)23/h9,23H,4-8,10H2,1-3H3. The number of phenols is 1. The summed E-state index contributed by atoms with van der Waals surface area (Å²) < 4.78 is 1.61. The SMILES string of the molecule is CCCN(CCC)Cc1nc2c(O)c(Cl)cc(Cl)c2c(=O)n1CC. The van der Waals surface area contributed by atoms with Crippen LogP contribution in [0.5, 0.6) is 5.75 Å². The lowest BCUT2D eigenvalue weighted by Crippen LogP contribution is -2.32. The van der Waals surface area contributed by atoms with Gasteiger partial charge in [0.1, 0.15) is 11.3 Å². The van der Waals surface area contributed by atoms with E-state index in [9.17, 15) is 9.90 Å². The van der Waals surface area contributed by atoms with Gasteiger partial charge in [0, 0.05) is 6.54 Å². The van der Waals surface area contributed by atoms with Crippen molar-refractivity contribution in [3.8, 4) is 5.75 Å². The Labute approximate surface area is 151 Å². The van der Waals surface area contributed by atoms with E-state index in [-0.39, 0.29) is 32.3 Å². The van der Waals surface area contributed by atoms with Crippen LogP contribution in [0.4, 0.5) is 0 Å². The van der Waals surface area contributed by atoms with Crippen LogP contribution in [0.15, 0.2) is 10.9 Å². The monoisotopic (exact) mass is 371 g/mol. The van der Waals surface area contributed by atoms with Crippen LogP contribution in [0.3, 0.4) is 0 Å². The topological polar surface area (TPSA) is 58.4 Å². The molecule has 1 heterocycles. The van der Waals surface area contributed by atoms with Gasteiger partial charge in [0.05, 0.1) is 22.0 Å². The zero-order valence-electron chi connectivity index (χ0n) is 14.3. The summed E-state index contributed by atoms with van der Waals surface area (Å²) in [4.78, 5) is 19.6. The Bertz CT molecular complexity index is 784. The smallest absolute Gasteiger partial charge is 0.263 e. The highest BCUT2D eigenvalue weighted by molar-refractivity contribution is 6.39. The Balaban J connectivity index is 2.65. The first-order valence-corrected chi connectivity index (χ1v) is 9.02. The molecule has 0 fully saturated rings. The first-order valence-electron chi connectivity index (χ1n) is 8.27. The van der Waals surface area contributed by atoms with Crippen LogP contribution in [0, 0.1) is 0 Å². The van der Waals surface area contributed by atoms with Gasteiger partial charge in [-0.05, 0) is 38.9 Å². The van der Waals surface area contributed by atoms with Crippen LogP contribution >= 0.6 is 23.2 Å². The van der Waals surface area contributed by atoms with E-state index in [4.69, 9.17) is 23.2 Å². The number of phenolic OH excluding ortho intramolecular Hbond substituents is 1. The molecule has 7 heteroatoms. The fourth-order valence-electron chi connectivity index (χ4n) is 2.90. The summed E-state index contributed by atoms with van der Waals surface area (Å²) in [5, 5.41) is 10.7. The van der Waals surface area contributed by atoms with Crippen molar-refractivity contribution in [1.82, 2.24) is 14.5 Å². The molecule has 2 aromatic rings. The molecule has 0 atom stereocenters. The summed E-state index contributed by atoms with van der Waals surface area (Å²) in [6, 6.07) is 1.38. The molecule has 132 valence electrons. The number of hydrogen-bond acceptors (Lipinski definition) is 4. The molecule has 1 aromatic heterocycles. The average Bonchev–Trinajstić information content (AvgIpc) is 2.53.